The highest BCUT2D eigenvalue weighted by atomic mass is 35.5. The van der Waals surface area contributed by atoms with Gasteiger partial charge < -0.3 is 10.2 Å². The Morgan fingerprint density at radius 3 is 2.77 bits per heavy atom. The molecule has 1 saturated heterocycles. The molecule has 1 N–H and O–H groups in total. The highest BCUT2D eigenvalue weighted by Gasteiger charge is 2.36. The van der Waals surface area contributed by atoms with Crippen LogP contribution in [0.15, 0.2) is 24.3 Å². The van der Waals surface area contributed by atoms with Crippen LogP contribution >= 0.6 is 11.6 Å². The molecule has 1 atom stereocenters. The van der Waals surface area contributed by atoms with Gasteiger partial charge in [0, 0.05) is 30.6 Å². The second kappa shape index (κ2) is 7.63. The van der Waals surface area contributed by atoms with Crippen molar-refractivity contribution in [2.24, 2.45) is 5.92 Å². The zero-order chi connectivity index (χ0) is 16.1. The van der Waals surface area contributed by atoms with Gasteiger partial charge in [0.25, 0.3) is 0 Å². The number of nitrogens with one attached hydrogen (secondary N) is 1. The van der Waals surface area contributed by atoms with E-state index in [1.54, 1.807) is 6.07 Å². The smallest absolute Gasteiger partial charge is 0.225 e. The lowest BCUT2D eigenvalue weighted by molar-refractivity contribution is -0.130. The number of hydrogen-bond donors (Lipinski definition) is 1. The van der Waals surface area contributed by atoms with Gasteiger partial charge in [0.1, 0.15) is 0 Å². The molecule has 2 amide bonds. The Hall–Kier alpha value is -1.55. The second-order valence-electron chi connectivity index (χ2n) is 5.77. The molecule has 1 unspecified atom stereocenters. The topological polar surface area (TPSA) is 49.4 Å². The molecule has 0 saturated carbocycles. The van der Waals surface area contributed by atoms with Gasteiger partial charge in [-0.05, 0) is 30.5 Å². The van der Waals surface area contributed by atoms with Gasteiger partial charge in [-0.3, -0.25) is 9.59 Å². The molecule has 1 heterocycles. The van der Waals surface area contributed by atoms with Crippen LogP contribution in [0.1, 0.15) is 38.7 Å². The van der Waals surface area contributed by atoms with Gasteiger partial charge in [-0.2, -0.15) is 0 Å². The van der Waals surface area contributed by atoms with Crippen LogP contribution in [0.3, 0.4) is 0 Å². The van der Waals surface area contributed by atoms with Gasteiger partial charge in [0.05, 0.1) is 5.92 Å². The fraction of sp³-hybridized carbons (Fsp3) is 0.529. The van der Waals surface area contributed by atoms with Crippen LogP contribution in [0.2, 0.25) is 5.02 Å². The minimum atomic E-state index is -0.243. The van der Waals surface area contributed by atoms with Crippen molar-refractivity contribution in [3.63, 3.8) is 0 Å². The summed E-state index contributed by atoms with van der Waals surface area (Å²) < 4.78 is 0. The van der Waals surface area contributed by atoms with E-state index in [0.717, 1.165) is 18.4 Å². The van der Waals surface area contributed by atoms with Crippen LogP contribution in [0, 0.1) is 5.92 Å². The number of nitrogens with zero attached hydrogens (tertiary/aromatic N) is 1. The molecule has 2 rings (SSSR count). The van der Waals surface area contributed by atoms with Crippen LogP contribution in [0.5, 0.6) is 0 Å². The van der Waals surface area contributed by atoms with Crippen molar-refractivity contribution < 1.29 is 9.59 Å². The normalized spacial score (nSPS) is 18.1. The van der Waals surface area contributed by atoms with Crippen molar-refractivity contribution in [1.29, 1.82) is 0 Å². The molecule has 1 aliphatic rings. The third kappa shape index (κ3) is 4.01. The Morgan fingerprint density at radius 1 is 1.41 bits per heavy atom. The lowest BCUT2D eigenvalue weighted by Gasteiger charge is -2.26. The van der Waals surface area contributed by atoms with Crippen LogP contribution in [-0.2, 0) is 16.1 Å². The van der Waals surface area contributed by atoms with Gasteiger partial charge in [0.15, 0.2) is 0 Å². The van der Waals surface area contributed by atoms with Crippen molar-refractivity contribution in [2.75, 3.05) is 6.54 Å². The molecular formula is C17H23ClN2O2. The average Bonchev–Trinajstić information content (AvgIpc) is 2.88. The molecule has 0 bridgehead atoms. The van der Waals surface area contributed by atoms with Gasteiger partial charge in [-0.1, -0.05) is 37.6 Å². The predicted molar refractivity (Wildman–Crippen MR) is 87.5 cm³/mol. The second-order valence-corrected chi connectivity index (χ2v) is 6.20. The molecule has 0 aliphatic carbocycles. The van der Waals surface area contributed by atoms with Crippen LogP contribution in [-0.4, -0.2) is 29.3 Å². The summed E-state index contributed by atoms with van der Waals surface area (Å²) in [6.07, 6.45) is 2.18. The monoisotopic (exact) mass is 322 g/mol. The average molecular weight is 323 g/mol. The summed E-state index contributed by atoms with van der Waals surface area (Å²) in [5.74, 6) is -0.203. The Morgan fingerprint density at radius 2 is 2.14 bits per heavy atom. The lowest BCUT2D eigenvalue weighted by Crippen LogP contribution is -2.37. The molecule has 4 nitrogen and oxygen atoms in total. The van der Waals surface area contributed by atoms with Crippen LogP contribution in [0.4, 0.5) is 0 Å². The van der Waals surface area contributed by atoms with E-state index in [2.05, 4.69) is 19.2 Å². The number of hydrogen-bond acceptors (Lipinski definition) is 2. The van der Waals surface area contributed by atoms with Gasteiger partial charge >= 0.3 is 0 Å². The first-order valence-electron chi connectivity index (χ1n) is 7.86. The quantitative estimate of drug-likeness (QED) is 0.875. The summed E-state index contributed by atoms with van der Waals surface area (Å²) in [5, 5.41) is 3.56. The van der Waals surface area contributed by atoms with E-state index in [1.165, 1.54) is 0 Å². The number of benzene rings is 1. The van der Waals surface area contributed by atoms with E-state index < -0.39 is 0 Å². The van der Waals surface area contributed by atoms with Gasteiger partial charge in [0.2, 0.25) is 11.8 Å². The SMILES string of the molecule is CCC(CC)N1CC(C(=O)NCc2cccc(Cl)c2)CC1=O. The molecular weight excluding hydrogens is 300 g/mol. The van der Waals surface area contributed by atoms with E-state index >= 15 is 0 Å². The fourth-order valence-electron chi connectivity index (χ4n) is 2.97. The summed E-state index contributed by atoms with van der Waals surface area (Å²) >= 11 is 5.93. The largest absolute Gasteiger partial charge is 0.352 e. The first kappa shape index (κ1) is 16.8. The molecule has 0 aromatic heterocycles. The minimum absolute atomic E-state index is 0.0539. The number of carbonyl (C=O) groups is 2. The van der Waals surface area contributed by atoms with E-state index in [9.17, 15) is 9.59 Å². The number of carbonyl (C=O) groups excluding carboxylic acids is 2. The highest BCUT2D eigenvalue weighted by Crippen LogP contribution is 2.23. The maximum Gasteiger partial charge on any atom is 0.225 e. The zero-order valence-electron chi connectivity index (χ0n) is 13.1. The Bertz CT molecular complexity index is 543. The van der Waals surface area contributed by atoms with Gasteiger partial charge in [-0.15, -0.1) is 0 Å². The summed E-state index contributed by atoms with van der Waals surface area (Å²) in [7, 11) is 0. The molecule has 120 valence electrons. The van der Waals surface area contributed by atoms with Gasteiger partial charge in [-0.25, -0.2) is 0 Å². The summed E-state index contributed by atoms with van der Waals surface area (Å²) in [6.45, 7) is 5.13. The Labute approximate surface area is 136 Å². The third-order valence-corrected chi connectivity index (χ3v) is 4.50. The summed E-state index contributed by atoms with van der Waals surface area (Å²) in [4.78, 5) is 26.2. The van der Waals surface area contributed by atoms with Crippen molar-refractivity contribution >= 4 is 23.4 Å². The molecule has 0 spiro atoms. The number of likely N-dealkylation sites (tertiary alicyclic amines) is 1. The molecule has 1 fully saturated rings. The predicted octanol–water partition coefficient (Wildman–Crippen LogP) is 2.99. The number of halogens is 1. The van der Waals surface area contributed by atoms with Crippen molar-refractivity contribution in [2.45, 2.75) is 45.7 Å². The van der Waals surface area contributed by atoms with Crippen molar-refractivity contribution in [3.05, 3.63) is 34.9 Å². The lowest BCUT2D eigenvalue weighted by atomic mass is 10.1. The highest BCUT2D eigenvalue weighted by molar-refractivity contribution is 6.30. The summed E-state index contributed by atoms with van der Waals surface area (Å²) in [5.41, 5.74) is 0.960. The first-order valence-corrected chi connectivity index (χ1v) is 8.24. The molecule has 22 heavy (non-hydrogen) atoms. The molecule has 5 heteroatoms. The Balaban J connectivity index is 1.90. The maximum absolute atomic E-state index is 12.3. The molecule has 1 aromatic carbocycles. The fourth-order valence-corrected chi connectivity index (χ4v) is 3.18. The van der Waals surface area contributed by atoms with Crippen molar-refractivity contribution in [1.82, 2.24) is 10.2 Å². The van der Waals surface area contributed by atoms with E-state index in [1.807, 2.05) is 23.1 Å². The van der Waals surface area contributed by atoms with E-state index in [-0.39, 0.29) is 23.8 Å². The van der Waals surface area contributed by atoms with E-state index in [4.69, 9.17) is 11.6 Å². The maximum atomic E-state index is 12.3. The van der Waals surface area contributed by atoms with Crippen LogP contribution in [0.25, 0.3) is 0 Å². The first-order chi connectivity index (χ1) is 10.5. The minimum Gasteiger partial charge on any atom is -0.352 e. The molecule has 0 radical (unpaired) electrons. The zero-order valence-corrected chi connectivity index (χ0v) is 13.9. The summed E-state index contributed by atoms with van der Waals surface area (Å²) in [6, 6.07) is 7.66. The van der Waals surface area contributed by atoms with Crippen LogP contribution < -0.4 is 5.32 Å². The third-order valence-electron chi connectivity index (χ3n) is 4.27. The Kier molecular flexibility index (Phi) is 5.83. The number of amides is 2. The standard InChI is InChI=1S/C17H23ClN2O2/c1-3-15(4-2)20-11-13(9-16(20)21)17(22)19-10-12-6-5-7-14(18)8-12/h5-8,13,15H,3-4,9-11H2,1-2H3,(H,19,22). The number of rotatable bonds is 6. The molecule has 1 aromatic rings. The van der Waals surface area contributed by atoms with E-state index in [0.29, 0.717) is 24.5 Å². The van der Waals surface area contributed by atoms with Crippen molar-refractivity contribution in [3.8, 4) is 0 Å². The molecule has 1 aliphatic heterocycles.